The number of thiazole rings is 1. The van der Waals surface area contributed by atoms with Crippen LogP contribution in [-0.2, 0) is 25.8 Å². The maximum absolute atomic E-state index is 12.6. The van der Waals surface area contributed by atoms with Crippen molar-refractivity contribution < 1.29 is 0 Å². The Labute approximate surface area is 175 Å². The maximum atomic E-state index is 12.6. The summed E-state index contributed by atoms with van der Waals surface area (Å²) in [6.45, 7) is 7.30. The van der Waals surface area contributed by atoms with Gasteiger partial charge in [0.2, 0.25) is 0 Å². The molecule has 0 bridgehead atoms. The third-order valence-corrected chi connectivity index (χ3v) is 7.12. The fraction of sp³-hybridized carbons (Fsp3) is 0.320. The van der Waals surface area contributed by atoms with Crippen molar-refractivity contribution in [2.75, 3.05) is 18.0 Å². The lowest BCUT2D eigenvalue weighted by atomic mass is 9.90. The summed E-state index contributed by atoms with van der Waals surface area (Å²) in [6, 6.07) is 15.0. The quantitative estimate of drug-likeness (QED) is 0.670. The monoisotopic (exact) mass is 402 g/mol. The lowest BCUT2D eigenvalue weighted by Crippen LogP contribution is -2.34. The number of hydrogen-bond donors (Lipinski definition) is 0. The summed E-state index contributed by atoms with van der Waals surface area (Å²) in [7, 11) is 0. The van der Waals surface area contributed by atoms with Crippen LogP contribution in [0.1, 0.15) is 35.1 Å². The molecule has 0 saturated heterocycles. The number of benzene rings is 2. The normalized spacial score (nSPS) is 16.1. The number of aromatic nitrogens is 1. The average Bonchev–Trinajstić information content (AvgIpc) is 3.00. The van der Waals surface area contributed by atoms with E-state index in [0.29, 0.717) is 6.54 Å². The summed E-state index contributed by atoms with van der Waals surface area (Å²) in [4.78, 5) is 15.2. The van der Waals surface area contributed by atoms with Gasteiger partial charge in [-0.3, -0.25) is 9.36 Å². The van der Waals surface area contributed by atoms with E-state index in [9.17, 15) is 4.79 Å². The van der Waals surface area contributed by atoms with Crippen LogP contribution in [0.2, 0.25) is 0 Å². The zero-order valence-electron chi connectivity index (χ0n) is 16.7. The molecule has 29 heavy (non-hydrogen) atoms. The Bertz CT molecular complexity index is 1170. The number of nitrogens with zero attached hydrogens (tertiary/aromatic N) is 2. The second kappa shape index (κ2) is 7.68. The van der Waals surface area contributed by atoms with Gasteiger partial charge in [0.15, 0.2) is 0 Å². The molecular formula is C25H26N2OS. The van der Waals surface area contributed by atoms with E-state index in [-0.39, 0.29) is 4.87 Å². The summed E-state index contributed by atoms with van der Waals surface area (Å²) < 4.78 is 2.81. The summed E-state index contributed by atoms with van der Waals surface area (Å²) in [5, 5.41) is 0.837. The first-order valence-corrected chi connectivity index (χ1v) is 11.4. The Morgan fingerprint density at radius 1 is 1.03 bits per heavy atom. The Balaban J connectivity index is 1.49. The van der Waals surface area contributed by atoms with Crippen molar-refractivity contribution in [3.8, 4) is 0 Å². The minimum absolute atomic E-state index is 0.0858. The van der Waals surface area contributed by atoms with Crippen molar-refractivity contribution in [2.24, 2.45) is 0 Å². The molecule has 0 N–H and O–H groups in total. The second-order valence-electron chi connectivity index (χ2n) is 8.09. The molecule has 0 saturated carbocycles. The van der Waals surface area contributed by atoms with E-state index in [2.05, 4.69) is 41.8 Å². The summed E-state index contributed by atoms with van der Waals surface area (Å²) >= 11 is 1.32. The van der Waals surface area contributed by atoms with Gasteiger partial charge in [0.05, 0.1) is 9.88 Å². The Morgan fingerprint density at radius 2 is 1.72 bits per heavy atom. The number of aryl methyl sites for hydroxylation is 3. The van der Waals surface area contributed by atoms with Gasteiger partial charge in [0.25, 0.3) is 0 Å². The third-order valence-electron chi connectivity index (χ3n) is 6.15. The molecule has 0 fully saturated rings. The van der Waals surface area contributed by atoms with Gasteiger partial charge < -0.3 is 4.90 Å². The standard InChI is InChI=1S/C25H26N2OS/c1-18-23(29-25(28)27(18)14-11-19-7-3-2-4-8-19)17-20-15-21-9-5-12-26-13-6-10-22(16-20)24(21)26/h2-4,7-8,15-17H,1,5-6,9-14H2/b23-17+. The van der Waals surface area contributed by atoms with E-state index in [0.717, 1.165) is 29.1 Å². The maximum Gasteiger partial charge on any atom is 0.308 e. The molecule has 2 aromatic carbocycles. The molecule has 2 aliphatic heterocycles. The highest BCUT2D eigenvalue weighted by molar-refractivity contribution is 7.07. The van der Waals surface area contributed by atoms with Gasteiger partial charge in [-0.15, -0.1) is 0 Å². The molecule has 4 heteroatoms. The van der Waals surface area contributed by atoms with Crippen molar-refractivity contribution in [1.82, 2.24) is 4.57 Å². The largest absolute Gasteiger partial charge is 0.371 e. The molecule has 3 heterocycles. The number of anilines is 1. The highest BCUT2D eigenvalue weighted by Gasteiger charge is 2.23. The highest BCUT2D eigenvalue weighted by atomic mass is 32.1. The fourth-order valence-electron chi connectivity index (χ4n) is 4.74. The van der Waals surface area contributed by atoms with Gasteiger partial charge in [0, 0.05) is 25.3 Å². The minimum atomic E-state index is 0.0858. The van der Waals surface area contributed by atoms with Crippen molar-refractivity contribution in [2.45, 2.75) is 38.6 Å². The molecule has 0 amide bonds. The van der Waals surface area contributed by atoms with Gasteiger partial charge in [-0.25, -0.2) is 0 Å². The van der Waals surface area contributed by atoms with Crippen molar-refractivity contribution in [3.05, 3.63) is 84.3 Å². The smallest absolute Gasteiger partial charge is 0.308 e. The molecule has 1 aromatic heterocycles. The van der Waals surface area contributed by atoms with Crippen LogP contribution >= 0.6 is 11.3 Å². The van der Waals surface area contributed by atoms with Crippen LogP contribution in [0.25, 0.3) is 12.7 Å². The molecule has 5 rings (SSSR count). The first-order valence-electron chi connectivity index (χ1n) is 10.5. The molecule has 3 aromatic rings. The van der Waals surface area contributed by atoms with Gasteiger partial charge in [-0.1, -0.05) is 48.2 Å². The number of hydrogen-bond acceptors (Lipinski definition) is 3. The molecule has 0 spiro atoms. The minimum Gasteiger partial charge on any atom is -0.371 e. The van der Waals surface area contributed by atoms with Crippen LogP contribution in [0.5, 0.6) is 0 Å². The van der Waals surface area contributed by atoms with Gasteiger partial charge in [-0.05, 0) is 72.6 Å². The molecule has 0 atom stereocenters. The molecular weight excluding hydrogens is 376 g/mol. The average molecular weight is 403 g/mol. The summed E-state index contributed by atoms with van der Waals surface area (Å²) in [6.07, 6.45) is 7.80. The molecule has 2 aliphatic rings. The van der Waals surface area contributed by atoms with Crippen LogP contribution in [-0.4, -0.2) is 17.7 Å². The topological polar surface area (TPSA) is 25.2 Å². The lowest BCUT2D eigenvalue weighted by Gasteiger charge is -2.37. The third kappa shape index (κ3) is 3.58. The van der Waals surface area contributed by atoms with Gasteiger partial charge in [0.1, 0.15) is 0 Å². The van der Waals surface area contributed by atoms with E-state index < -0.39 is 0 Å². The first-order chi connectivity index (χ1) is 14.2. The molecule has 3 nitrogen and oxygen atoms in total. The van der Waals surface area contributed by atoms with Crippen LogP contribution in [0.15, 0.2) is 47.3 Å². The first kappa shape index (κ1) is 18.4. The van der Waals surface area contributed by atoms with Gasteiger partial charge >= 0.3 is 4.87 Å². The van der Waals surface area contributed by atoms with E-state index in [1.165, 1.54) is 65.2 Å². The van der Waals surface area contributed by atoms with E-state index in [1.54, 1.807) is 0 Å². The predicted octanol–water partition coefficient (Wildman–Crippen LogP) is 3.09. The fourth-order valence-corrected chi connectivity index (χ4v) is 5.66. The van der Waals surface area contributed by atoms with E-state index >= 15 is 0 Å². The summed E-state index contributed by atoms with van der Waals surface area (Å²) in [5.41, 5.74) is 6.89. The Kier molecular flexibility index (Phi) is 4.88. The van der Waals surface area contributed by atoms with Crippen molar-refractivity contribution in [3.63, 3.8) is 0 Å². The molecule has 0 radical (unpaired) electrons. The molecule has 148 valence electrons. The molecule has 0 aliphatic carbocycles. The summed E-state index contributed by atoms with van der Waals surface area (Å²) in [5.74, 6) is 0. The SMILES string of the molecule is C=c1/c(=C\c2cc3c4c(c2)CCCN4CCC3)sc(=O)n1CCc1ccccc1. The van der Waals surface area contributed by atoms with Crippen LogP contribution < -0.4 is 19.7 Å². The Hall–Kier alpha value is -2.59. The van der Waals surface area contributed by atoms with Crippen molar-refractivity contribution >= 4 is 29.7 Å². The Morgan fingerprint density at radius 3 is 2.41 bits per heavy atom. The lowest BCUT2D eigenvalue weighted by molar-refractivity contribution is 0.634. The highest BCUT2D eigenvalue weighted by Crippen LogP contribution is 2.36. The zero-order chi connectivity index (χ0) is 19.8. The predicted molar refractivity (Wildman–Crippen MR) is 122 cm³/mol. The van der Waals surface area contributed by atoms with Gasteiger partial charge in [-0.2, -0.15) is 0 Å². The van der Waals surface area contributed by atoms with E-state index in [4.69, 9.17) is 0 Å². The van der Waals surface area contributed by atoms with Crippen LogP contribution in [0, 0.1) is 0 Å². The van der Waals surface area contributed by atoms with Crippen LogP contribution in [0.4, 0.5) is 5.69 Å². The molecule has 0 unspecified atom stereocenters. The zero-order valence-corrected chi connectivity index (χ0v) is 17.5. The van der Waals surface area contributed by atoms with Crippen LogP contribution in [0.3, 0.4) is 0 Å². The second-order valence-corrected chi connectivity index (χ2v) is 9.09. The number of rotatable bonds is 4. The van der Waals surface area contributed by atoms with E-state index in [1.807, 2.05) is 22.8 Å². The van der Waals surface area contributed by atoms with Crippen molar-refractivity contribution in [1.29, 1.82) is 0 Å².